The van der Waals surface area contributed by atoms with Crippen molar-refractivity contribution in [3.8, 4) is 0 Å². The predicted molar refractivity (Wildman–Crippen MR) is 42.7 cm³/mol. The van der Waals surface area contributed by atoms with Gasteiger partial charge in [-0.25, -0.2) is 4.98 Å². The minimum absolute atomic E-state index is 0.168. The van der Waals surface area contributed by atoms with Gasteiger partial charge in [0.05, 0.1) is 0 Å². The first-order valence-electron chi connectivity index (χ1n) is 2.52. The van der Waals surface area contributed by atoms with E-state index in [1.165, 1.54) is 0 Å². The third-order valence-corrected chi connectivity index (χ3v) is 1.22. The zero-order valence-corrected chi connectivity index (χ0v) is 5.90. The number of nitrogens with zero attached hydrogens (tertiary/aromatic N) is 1. The van der Waals surface area contributed by atoms with Crippen LogP contribution in [0.5, 0.6) is 0 Å². The number of aromatic nitrogens is 2. The predicted octanol–water partition coefficient (Wildman–Crippen LogP) is -0.114. The minimum atomic E-state index is 0.168. The molecule has 0 atom stereocenters. The molecule has 0 radical (unpaired) electrons. The average molecular weight is 157 g/mol. The summed E-state index contributed by atoms with van der Waals surface area (Å²) in [7, 11) is 0. The third kappa shape index (κ3) is 1.01. The van der Waals surface area contributed by atoms with Gasteiger partial charge in [0, 0.05) is 0 Å². The number of nitrogens with two attached hydrogens (primary N) is 3. The molecule has 1 heterocycles. The van der Waals surface area contributed by atoms with Crippen LogP contribution in [0.3, 0.4) is 0 Å². The van der Waals surface area contributed by atoms with Crippen molar-refractivity contribution in [3.63, 3.8) is 0 Å². The molecule has 0 bridgehead atoms. The fraction of sp³-hybridized carbons (Fsp3) is 0. The maximum absolute atomic E-state index is 5.36. The molecule has 0 aromatic carbocycles. The van der Waals surface area contributed by atoms with E-state index >= 15 is 0 Å². The van der Waals surface area contributed by atoms with E-state index in [4.69, 9.17) is 17.2 Å². The molecule has 1 aromatic heterocycles. The Balaban J connectivity index is 3.46. The number of rotatable bonds is 0. The van der Waals surface area contributed by atoms with Gasteiger partial charge in [0.1, 0.15) is 11.5 Å². The van der Waals surface area contributed by atoms with Crippen molar-refractivity contribution in [1.82, 2.24) is 9.97 Å². The molecule has 5 nitrogen and oxygen atoms in total. The Kier molecular flexibility index (Phi) is 1.46. The smallest absolute Gasteiger partial charge is 0.200 e. The molecule has 7 N–H and O–H groups in total. The number of hydrogen-bond acceptors (Lipinski definition) is 5. The monoisotopic (exact) mass is 157 g/mol. The molecule has 1 aromatic rings. The SMILES string of the molecule is Nc1nc(=S)[nH]c(N)c1N. The summed E-state index contributed by atoms with van der Waals surface area (Å²) in [5.74, 6) is 0.429. The van der Waals surface area contributed by atoms with Crippen LogP contribution in [0.15, 0.2) is 0 Å². The summed E-state index contributed by atoms with van der Waals surface area (Å²) in [6.45, 7) is 0. The lowest BCUT2D eigenvalue weighted by molar-refractivity contribution is 1.16. The first-order chi connectivity index (χ1) is 4.61. The second-order valence-electron chi connectivity index (χ2n) is 1.75. The van der Waals surface area contributed by atoms with Crippen LogP contribution in [0, 0.1) is 4.77 Å². The van der Waals surface area contributed by atoms with Gasteiger partial charge in [0.25, 0.3) is 0 Å². The Hall–Kier alpha value is -1.30. The van der Waals surface area contributed by atoms with E-state index in [0.29, 0.717) is 0 Å². The van der Waals surface area contributed by atoms with E-state index < -0.39 is 0 Å². The molecular weight excluding hydrogens is 150 g/mol. The molecule has 0 saturated carbocycles. The molecule has 54 valence electrons. The van der Waals surface area contributed by atoms with Crippen molar-refractivity contribution in [3.05, 3.63) is 4.77 Å². The number of nitrogen functional groups attached to an aromatic ring is 3. The van der Waals surface area contributed by atoms with Gasteiger partial charge in [-0.05, 0) is 12.2 Å². The normalized spacial score (nSPS) is 9.60. The number of anilines is 3. The summed E-state index contributed by atoms with van der Waals surface area (Å²) in [5.41, 5.74) is 16.3. The molecule has 6 heteroatoms. The van der Waals surface area contributed by atoms with Crippen LogP contribution in [0.1, 0.15) is 0 Å². The van der Waals surface area contributed by atoms with Crippen molar-refractivity contribution in [2.24, 2.45) is 0 Å². The van der Waals surface area contributed by atoms with E-state index in [-0.39, 0.29) is 22.1 Å². The maximum atomic E-state index is 5.36. The van der Waals surface area contributed by atoms with Crippen LogP contribution in [-0.2, 0) is 0 Å². The summed E-state index contributed by atoms with van der Waals surface area (Å²) in [6, 6.07) is 0. The number of hydrogen-bond donors (Lipinski definition) is 4. The van der Waals surface area contributed by atoms with E-state index in [9.17, 15) is 0 Å². The number of H-pyrrole nitrogens is 1. The van der Waals surface area contributed by atoms with Crippen molar-refractivity contribution in [2.45, 2.75) is 0 Å². The molecule has 1 rings (SSSR count). The molecule has 0 spiro atoms. The highest BCUT2D eigenvalue weighted by molar-refractivity contribution is 7.71. The quantitative estimate of drug-likeness (QED) is 0.393. The second kappa shape index (κ2) is 2.14. The van der Waals surface area contributed by atoms with Crippen LogP contribution in [-0.4, -0.2) is 9.97 Å². The molecule has 0 aliphatic heterocycles. The fourth-order valence-corrected chi connectivity index (χ4v) is 0.726. The second-order valence-corrected chi connectivity index (χ2v) is 2.14. The lowest BCUT2D eigenvalue weighted by Gasteiger charge is -2.00. The molecule has 0 fully saturated rings. The lowest BCUT2D eigenvalue weighted by Crippen LogP contribution is -2.04. The summed E-state index contributed by atoms with van der Waals surface area (Å²) >= 11 is 4.66. The summed E-state index contributed by atoms with van der Waals surface area (Å²) in [6.07, 6.45) is 0. The summed E-state index contributed by atoms with van der Waals surface area (Å²) < 4.78 is 0.240. The molecule has 0 aliphatic rings. The van der Waals surface area contributed by atoms with Gasteiger partial charge >= 0.3 is 0 Å². The van der Waals surface area contributed by atoms with Gasteiger partial charge in [0.15, 0.2) is 10.6 Å². The molecule has 0 saturated heterocycles. The molecule has 0 amide bonds. The highest BCUT2D eigenvalue weighted by atomic mass is 32.1. The van der Waals surface area contributed by atoms with E-state index in [2.05, 4.69) is 22.2 Å². The van der Waals surface area contributed by atoms with Gasteiger partial charge in [0.2, 0.25) is 0 Å². The molecule has 10 heavy (non-hydrogen) atoms. The first kappa shape index (κ1) is 6.81. The first-order valence-corrected chi connectivity index (χ1v) is 2.93. The maximum Gasteiger partial charge on any atom is 0.200 e. The van der Waals surface area contributed by atoms with Gasteiger partial charge in [-0.3, -0.25) is 0 Å². The molecule has 0 aliphatic carbocycles. The Morgan fingerprint density at radius 1 is 1.30 bits per heavy atom. The number of nitrogens with one attached hydrogen (secondary N) is 1. The average Bonchev–Trinajstić information content (AvgIpc) is 1.82. The van der Waals surface area contributed by atoms with Gasteiger partial charge in [-0.1, -0.05) is 0 Å². The third-order valence-electron chi connectivity index (χ3n) is 1.03. The standard InChI is InChI=1S/C4H7N5S/c5-1-2(6)8-4(10)9-3(1)7/h5H2,(H5,6,7,8,9,10). The Labute approximate surface area is 62.2 Å². The minimum Gasteiger partial charge on any atom is -0.393 e. The fourth-order valence-electron chi connectivity index (χ4n) is 0.518. The van der Waals surface area contributed by atoms with Crippen molar-refractivity contribution in [1.29, 1.82) is 0 Å². The van der Waals surface area contributed by atoms with Crippen molar-refractivity contribution in [2.75, 3.05) is 17.2 Å². The zero-order valence-electron chi connectivity index (χ0n) is 5.09. The zero-order chi connectivity index (χ0) is 7.72. The topological polar surface area (TPSA) is 107 Å². The van der Waals surface area contributed by atoms with E-state index in [1.54, 1.807) is 0 Å². The van der Waals surface area contributed by atoms with Crippen LogP contribution in [0.4, 0.5) is 17.3 Å². The summed E-state index contributed by atoms with van der Waals surface area (Å²) in [5, 5.41) is 0. The van der Waals surface area contributed by atoms with E-state index in [0.717, 1.165) is 0 Å². The molecular formula is C4H7N5S. The van der Waals surface area contributed by atoms with Crippen LogP contribution < -0.4 is 17.2 Å². The Bertz CT molecular complexity index is 277. The highest BCUT2D eigenvalue weighted by Gasteiger charge is 1.98. The Morgan fingerprint density at radius 3 is 2.40 bits per heavy atom. The van der Waals surface area contributed by atoms with Crippen LogP contribution >= 0.6 is 12.2 Å². The van der Waals surface area contributed by atoms with Gasteiger partial charge in [-0.2, -0.15) is 0 Å². The highest BCUT2D eigenvalue weighted by Crippen LogP contribution is 2.15. The number of aromatic amines is 1. The summed E-state index contributed by atoms with van der Waals surface area (Å²) in [4.78, 5) is 6.22. The van der Waals surface area contributed by atoms with E-state index in [1.807, 2.05) is 0 Å². The van der Waals surface area contributed by atoms with Crippen LogP contribution in [0.2, 0.25) is 0 Å². The molecule has 0 unspecified atom stereocenters. The van der Waals surface area contributed by atoms with Crippen molar-refractivity contribution >= 4 is 29.5 Å². The van der Waals surface area contributed by atoms with Gasteiger partial charge in [-0.15, -0.1) is 0 Å². The van der Waals surface area contributed by atoms with Gasteiger partial charge < -0.3 is 22.2 Å². The van der Waals surface area contributed by atoms with Crippen molar-refractivity contribution < 1.29 is 0 Å². The lowest BCUT2D eigenvalue weighted by atomic mass is 10.4. The largest absolute Gasteiger partial charge is 0.393 e. The van der Waals surface area contributed by atoms with Crippen LogP contribution in [0.25, 0.3) is 0 Å². The Morgan fingerprint density at radius 2 is 1.90 bits per heavy atom.